The fraction of sp³-hybridized carbons (Fsp3) is 0.400. The van der Waals surface area contributed by atoms with E-state index in [9.17, 15) is 0 Å². The summed E-state index contributed by atoms with van der Waals surface area (Å²) >= 11 is 0. The van der Waals surface area contributed by atoms with Crippen molar-refractivity contribution in [2.45, 2.75) is 32.2 Å². The van der Waals surface area contributed by atoms with Gasteiger partial charge in [-0.05, 0) is 37.4 Å². The molecule has 0 amide bonds. The number of para-hydroxylation sites is 1. The Kier molecular flexibility index (Phi) is 3.15. The van der Waals surface area contributed by atoms with E-state index >= 15 is 0 Å². The Morgan fingerprint density at radius 1 is 1.39 bits per heavy atom. The number of benzene rings is 1. The summed E-state index contributed by atoms with van der Waals surface area (Å²) in [5.74, 6) is 0. The molecule has 2 aromatic rings. The predicted octanol–water partition coefficient (Wildman–Crippen LogP) is 2.86. The molecule has 3 heteroatoms. The van der Waals surface area contributed by atoms with Gasteiger partial charge >= 0.3 is 0 Å². The minimum absolute atomic E-state index is 0.456. The maximum absolute atomic E-state index is 4.34. The topological polar surface area (TPSA) is 29.9 Å². The maximum Gasteiger partial charge on any atom is 0.0994 e. The monoisotopic (exact) mass is 241 g/mol. The van der Waals surface area contributed by atoms with Gasteiger partial charge in [-0.2, -0.15) is 0 Å². The van der Waals surface area contributed by atoms with E-state index in [-0.39, 0.29) is 0 Å². The van der Waals surface area contributed by atoms with Crippen LogP contribution in [0.15, 0.2) is 36.8 Å². The quantitative estimate of drug-likeness (QED) is 0.895. The van der Waals surface area contributed by atoms with Crippen molar-refractivity contribution < 1.29 is 0 Å². The third-order valence-electron chi connectivity index (χ3n) is 3.72. The minimum atomic E-state index is 0.456. The highest BCUT2D eigenvalue weighted by atomic mass is 15.1. The summed E-state index contributed by atoms with van der Waals surface area (Å²) in [6.07, 6.45) is 7.44. The zero-order valence-electron chi connectivity index (χ0n) is 10.8. The van der Waals surface area contributed by atoms with Gasteiger partial charge in [0.15, 0.2) is 0 Å². The van der Waals surface area contributed by atoms with Crippen LogP contribution in [0.3, 0.4) is 0 Å². The molecule has 0 unspecified atom stereocenters. The number of hydrogen-bond acceptors (Lipinski definition) is 2. The van der Waals surface area contributed by atoms with Crippen molar-refractivity contribution in [3.8, 4) is 5.69 Å². The number of nitrogens with zero attached hydrogens (tertiary/aromatic N) is 2. The van der Waals surface area contributed by atoms with Gasteiger partial charge in [0.2, 0.25) is 0 Å². The molecule has 0 spiro atoms. The van der Waals surface area contributed by atoms with Crippen LogP contribution in [-0.4, -0.2) is 16.1 Å². The average Bonchev–Trinajstić information content (AvgIpc) is 3.09. The van der Waals surface area contributed by atoms with Gasteiger partial charge in [-0.3, -0.25) is 0 Å². The lowest BCUT2D eigenvalue weighted by Crippen LogP contribution is -2.16. The molecule has 1 aromatic carbocycles. The van der Waals surface area contributed by atoms with Crippen LogP contribution in [0.5, 0.6) is 0 Å². The molecule has 0 saturated carbocycles. The van der Waals surface area contributed by atoms with Crippen LogP contribution in [0.1, 0.15) is 37.1 Å². The fourth-order valence-electron chi connectivity index (χ4n) is 2.75. The molecule has 2 heterocycles. The molecule has 0 bridgehead atoms. The van der Waals surface area contributed by atoms with Gasteiger partial charge in [0.25, 0.3) is 0 Å². The second-order valence-corrected chi connectivity index (χ2v) is 4.82. The van der Waals surface area contributed by atoms with E-state index < -0.39 is 0 Å². The number of hydrogen-bond donors (Lipinski definition) is 1. The molecule has 1 N–H and O–H groups in total. The molecule has 94 valence electrons. The zero-order valence-corrected chi connectivity index (χ0v) is 10.8. The highest BCUT2D eigenvalue weighted by Crippen LogP contribution is 2.26. The summed E-state index contributed by atoms with van der Waals surface area (Å²) < 4.78 is 2.24. The van der Waals surface area contributed by atoms with Crippen LogP contribution in [0.25, 0.3) is 5.69 Å². The molecule has 1 fully saturated rings. The molecule has 1 saturated heterocycles. The Bertz CT molecular complexity index is 524. The zero-order chi connectivity index (χ0) is 12.4. The first-order valence-corrected chi connectivity index (χ1v) is 6.74. The molecule has 0 radical (unpaired) electrons. The van der Waals surface area contributed by atoms with Crippen molar-refractivity contribution in [1.29, 1.82) is 0 Å². The lowest BCUT2D eigenvalue weighted by Gasteiger charge is -2.16. The van der Waals surface area contributed by atoms with Crippen molar-refractivity contribution in [3.63, 3.8) is 0 Å². The maximum atomic E-state index is 4.34. The van der Waals surface area contributed by atoms with E-state index in [4.69, 9.17) is 0 Å². The van der Waals surface area contributed by atoms with Crippen molar-refractivity contribution in [2.24, 2.45) is 0 Å². The van der Waals surface area contributed by atoms with Gasteiger partial charge in [0.1, 0.15) is 0 Å². The minimum Gasteiger partial charge on any atom is -0.309 e. The van der Waals surface area contributed by atoms with E-state index in [0.29, 0.717) is 6.04 Å². The lowest BCUT2D eigenvalue weighted by atomic mass is 10.1. The summed E-state index contributed by atoms with van der Waals surface area (Å²) in [6, 6.07) is 9.03. The van der Waals surface area contributed by atoms with Crippen LogP contribution in [-0.2, 0) is 6.42 Å². The first-order chi connectivity index (χ1) is 8.90. The molecule has 3 rings (SSSR count). The van der Waals surface area contributed by atoms with Crippen LogP contribution >= 0.6 is 0 Å². The second kappa shape index (κ2) is 4.94. The third kappa shape index (κ3) is 1.95. The van der Waals surface area contributed by atoms with Crippen molar-refractivity contribution >= 4 is 0 Å². The highest BCUT2D eigenvalue weighted by Gasteiger charge is 2.20. The molecular weight excluding hydrogens is 222 g/mol. The van der Waals surface area contributed by atoms with Crippen molar-refractivity contribution in [3.05, 3.63) is 48.0 Å². The molecule has 0 aliphatic carbocycles. The van der Waals surface area contributed by atoms with Crippen LogP contribution in [0, 0.1) is 0 Å². The summed E-state index contributed by atoms with van der Waals surface area (Å²) in [5.41, 5.74) is 3.92. The molecule has 1 aliphatic heterocycles. The summed E-state index contributed by atoms with van der Waals surface area (Å²) in [7, 11) is 0. The number of aromatic nitrogens is 2. The largest absolute Gasteiger partial charge is 0.309 e. The van der Waals surface area contributed by atoms with E-state index in [1.807, 2.05) is 12.5 Å². The van der Waals surface area contributed by atoms with Crippen LogP contribution in [0.2, 0.25) is 0 Å². The number of imidazole rings is 1. The highest BCUT2D eigenvalue weighted by molar-refractivity contribution is 5.42. The smallest absolute Gasteiger partial charge is 0.0994 e. The Balaban J connectivity index is 2.03. The van der Waals surface area contributed by atoms with Gasteiger partial charge in [0.05, 0.1) is 23.9 Å². The van der Waals surface area contributed by atoms with Gasteiger partial charge in [-0.15, -0.1) is 0 Å². The summed E-state index contributed by atoms with van der Waals surface area (Å²) in [6.45, 7) is 3.31. The van der Waals surface area contributed by atoms with E-state index in [2.05, 4.69) is 46.1 Å². The standard InChI is InChI=1S/C15H19N3/c1-2-12-6-3-4-8-14(12)18-11-16-10-15(18)13-7-5-9-17-13/h3-4,6,8,10-11,13,17H,2,5,7,9H2,1H3/t13-/m0/s1. The normalized spacial score (nSPS) is 19.3. The predicted molar refractivity (Wildman–Crippen MR) is 72.9 cm³/mol. The molecule has 18 heavy (non-hydrogen) atoms. The first-order valence-electron chi connectivity index (χ1n) is 6.74. The summed E-state index contributed by atoms with van der Waals surface area (Å²) in [5, 5.41) is 3.55. The van der Waals surface area contributed by atoms with Crippen molar-refractivity contribution in [1.82, 2.24) is 14.9 Å². The SMILES string of the molecule is CCc1ccccc1-n1cncc1[C@@H]1CCCN1. The van der Waals surface area contributed by atoms with E-state index in [0.717, 1.165) is 13.0 Å². The average molecular weight is 241 g/mol. The van der Waals surface area contributed by atoms with Crippen molar-refractivity contribution in [2.75, 3.05) is 6.54 Å². The Hall–Kier alpha value is -1.61. The van der Waals surface area contributed by atoms with Gasteiger partial charge in [0, 0.05) is 6.04 Å². The number of aryl methyl sites for hydroxylation is 1. The fourth-order valence-corrected chi connectivity index (χ4v) is 2.75. The van der Waals surface area contributed by atoms with Gasteiger partial charge < -0.3 is 9.88 Å². The van der Waals surface area contributed by atoms with Crippen LogP contribution in [0.4, 0.5) is 0 Å². The molecular formula is C15H19N3. The Morgan fingerprint density at radius 2 is 2.28 bits per heavy atom. The van der Waals surface area contributed by atoms with E-state index in [1.165, 1.54) is 29.8 Å². The molecule has 1 aliphatic rings. The van der Waals surface area contributed by atoms with Gasteiger partial charge in [-0.25, -0.2) is 4.98 Å². The Labute approximate surface area is 108 Å². The molecule has 1 aromatic heterocycles. The van der Waals surface area contributed by atoms with E-state index in [1.54, 1.807) is 0 Å². The third-order valence-corrected chi connectivity index (χ3v) is 3.72. The molecule has 1 atom stereocenters. The van der Waals surface area contributed by atoms with Crippen LogP contribution < -0.4 is 5.32 Å². The first kappa shape index (κ1) is 11.5. The summed E-state index contributed by atoms with van der Waals surface area (Å²) in [4.78, 5) is 4.34. The number of nitrogens with one attached hydrogen (secondary N) is 1. The second-order valence-electron chi connectivity index (χ2n) is 4.82. The lowest BCUT2D eigenvalue weighted by molar-refractivity contribution is 0.614. The Morgan fingerprint density at radius 3 is 3.06 bits per heavy atom. The van der Waals surface area contributed by atoms with Gasteiger partial charge in [-0.1, -0.05) is 25.1 Å². The number of rotatable bonds is 3. The molecule has 3 nitrogen and oxygen atoms in total.